The SMILES string of the molecule is CCOc1ccc(S(=O)(=O)N2CCCC2c2cccnc2)cc1OCC. The molecular weight excluding hydrogens is 352 g/mol. The summed E-state index contributed by atoms with van der Waals surface area (Å²) in [6, 6.07) is 8.38. The van der Waals surface area contributed by atoms with Gasteiger partial charge >= 0.3 is 0 Å². The Kier molecular flexibility index (Phi) is 5.78. The predicted molar refractivity (Wildman–Crippen MR) is 98.9 cm³/mol. The van der Waals surface area contributed by atoms with Crippen LogP contribution < -0.4 is 9.47 Å². The lowest BCUT2D eigenvalue weighted by atomic mass is 10.1. The number of pyridine rings is 1. The first-order chi connectivity index (χ1) is 12.6. The maximum Gasteiger partial charge on any atom is 0.243 e. The van der Waals surface area contributed by atoms with Crippen molar-refractivity contribution in [3.05, 3.63) is 48.3 Å². The van der Waals surface area contributed by atoms with Crippen molar-refractivity contribution < 1.29 is 17.9 Å². The highest BCUT2D eigenvalue weighted by atomic mass is 32.2. The number of nitrogens with zero attached hydrogens (tertiary/aromatic N) is 2. The second kappa shape index (κ2) is 8.05. The Morgan fingerprint density at radius 3 is 2.62 bits per heavy atom. The van der Waals surface area contributed by atoms with Crippen LogP contribution >= 0.6 is 0 Å². The fraction of sp³-hybridized carbons (Fsp3) is 0.421. The van der Waals surface area contributed by atoms with Gasteiger partial charge in [0, 0.05) is 25.0 Å². The molecule has 6 nitrogen and oxygen atoms in total. The van der Waals surface area contributed by atoms with Crippen LogP contribution in [0.15, 0.2) is 47.6 Å². The van der Waals surface area contributed by atoms with E-state index in [9.17, 15) is 8.42 Å². The molecule has 7 heteroatoms. The van der Waals surface area contributed by atoms with Gasteiger partial charge in [-0.05, 0) is 50.5 Å². The molecule has 0 bridgehead atoms. The molecule has 0 radical (unpaired) electrons. The van der Waals surface area contributed by atoms with Gasteiger partial charge in [0.1, 0.15) is 0 Å². The van der Waals surface area contributed by atoms with Gasteiger partial charge in [0.05, 0.1) is 24.2 Å². The van der Waals surface area contributed by atoms with E-state index in [1.807, 2.05) is 26.0 Å². The Morgan fingerprint density at radius 2 is 1.92 bits per heavy atom. The summed E-state index contributed by atoms with van der Waals surface area (Å²) in [5.41, 5.74) is 0.921. The molecule has 2 aromatic rings. The number of benzene rings is 1. The molecule has 0 N–H and O–H groups in total. The topological polar surface area (TPSA) is 68.7 Å². The van der Waals surface area contributed by atoms with E-state index in [4.69, 9.17) is 9.47 Å². The normalized spacial score (nSPS) is 18.0. The molecule has 1 aromatic carbocycles. The minimum atomic E-state index is -3.64. The van der Waals surface area contributed by atoms with Crippen molar-refractivity contribution in [2.75, 3.05) is 19.8 Å². The van der Waals surface area contributed by atoms with Crippen LogP contribution in [0.25, 0.3) is 0 Å². The third kappa shape index (κ3) is 3.68. The zero-order valence-electron chi connectivity index (χ0n) is 15.1. The van der Waals surface area contributed by atoms with Gasteiger partial charge < -0.3 is 9.47 Å². The number of rotatable bonds is 7. The van der Waals surface area contributed by atoms with Crippen molar-refractivity contribution >= 4 is 10.0 Å². The molecule has 0 saturated carbocycles. The lowest BCUT2D eigenvalue weighted by molar-refractivity contribution is 0.287. The largest absolute Gasteiger partial charge is 0.490 e. The van der Waals surface area contributed by atoms with Gasteiger partial charge in [-0.25, -0.2) is 8.42 Å². The lowest BCUT2D eigenvalue weighted by Crippen LogP contribution is -2.30. The number of hydrogen-bond acceptors (Lipinski definition) is 5. The van der Waals surface area contributed by atoms with Crippen LogP contribution in [0, 0.1) is 0 Å². The second-order valence-electron chi connectivity index (χ2n) is 6.03. The molecule has 1 saturated heterocycles. The Morgan fingerprint density at radius 1 is 1.15 bits per heavy atom. The standard InChI is InChI=1S/C19H24N2O4S/c1-3-24-18-10-9-16(13-19(18)25-4-2)26(22,23)21-12-6-8-17(21)15-7-5-11-20-14-15/h5,7,9-11,13-14,17H,3-4,6,8,12H2,1-2H3. The summed E-state index contributed by atoms with van der Waals surface area (Å²) in [6.45, 7) is 5.16. The Bertz CT molecular complexity index is 840. The van der Waals surface area contributed by atoms with E-state index in [0.717, 1.165) is 18.4 Å². The first-order valence-corrected chi connectivity index (χ1v) is 10.3. The summed E-state index contributed by atoms with van der Waals surface area (Å²) in [5, 5.41) is 0. The molecule has 3 rings (SSSR count). The highest BCUT2D eigenvalue weighted by Crippen LogP contribution is 2.38. The number of hydrogen-bond donors (Lipinski definition) is 0. The summed E-state index contributed by atoms with van der Waals surface area (Å²) in [4.78, 5) is 4.35. The highest BCUT2D eigenvalue weighted by Gasteiger charge is 2.36. The Balaban J connectivity index is 1.95. The van der Waals surface area contributed by atoms with E-state index < -0.39 is 10.0 Å². The maximum atomic E-state index is 13.3. The summed E-state index contributed by atoms with van der Waals surface area (Å²) in [5.74, 6) is 1.01. The minimum absolute atomic E-state index is 0.184. The fourth-order valence-electron chi connectivity index (χ4n) is 3.26. The van der Waals surface area contributed by atoms with Gasteiger partial charge in [-0.15, -0.1) is 0 Å². The van der Waals surface area contributed by atoms with Gasteiger partial charge in [-0.1, -0.05) is 6.07 Å². The summed E-state index contributed by atoms with van der Waals surface area (Å²) < 4.78 is 39.2. The third-order valence-corrected chi connectivity index (χ3v) is 6.30. The number of sulfonamides is 1. The molecular formula is C19H24N2O4S. The van der Waals surface area contributed by atoms with Crippen LogP contribution in [0.4, 0.5) is 0 Å². The fourth-order valence-corrected chi connectivity index (χ4v) is 4.96. The van der Waals surface area contributed by atoms with E-state index in [2.05, 4.69) is 4.98 Å². The van der Waals surface area contributed by atoms with Crippen molar-refractivity contribution in [3.8, 4) is 11.5 Å². The van der Waals surface area contributed by atoms with Crippen LogP contribution in [-0.2, 0) is 10.0 Å². The molecule has 2 heterocycles. The van der Waals surface area contributed by atoms with E-state index in [-0.39, 0.29) is 10.9 Å². The van der Waals surface area contributed by atoms with Gasteiger partial charge in [0.15, 0.2) is 11.5 Å². The molecule has 1 aromatic heterocycles. The molecule has 1 aliphatic rings. The van der Waals surface area contributed by atoms with Crippen molar-refractivity contribution in [1.82, 2.24) is 9.29 Å². The Hall–Kier alpha value is -2.12. The number of ether oxygens (including phenoxy) is 2. The van der Waals surface area contributed by atoms with Crippen molar-refractivity contribution in [1.29, 1.82) is 0 Å². The molecule has 1 fully saturated rings. The molecule has 1 atom stereocenters. The molecule has 26 heavy (non-hydrogen) atoms. The molecule has 1 unspecified atom stereocenters. The molecule has 1 aliphatic heterocycles. The van der Waals surface area contributed by atoms with Gasteiger partial charge in [-0.3, -0.25) is 4.98 Å². The lowest BCUT2D eigenvalue weighted by Gasteiger charge is -2.24. The smallest absolute Gasteiger partial charge is 0.243 e. The monoisotopic (exact) mass is 376 g/mol. The quantitative estimate of drug-likeness (QED) is 0.741. The zero-order valence-corrected chi connectivity index (χ0v) is 15.9. The van der Waals surface area contributed by atoms with Gasteiger partial charge in [0.2, 0.25) is 10.0 Å². The summed E-state index contributed by atoms with van der Waals surface area (Å²) in [6.07, 6.45) is 5.05. The van der Waals surface area contributed by atoms with Gasteiger partial charge in [-0.2, -0.15) is 4.31 Å². The molecule has 0 spiro atoms. The first kappa shape index (κ1) is 18.7. The average molecular weight is 376 g/mol. The van der Waals surface area contributed by atoms with Crippen LogP contribution in [0.2, 0.25) is 0 Å². The molecule has 140 valence electrons. The van der Waals surface area contributed by atoms with Crippen LogP contribution in [0.1, 0.15) is 38.3 Å². The second-order valence-corrected chi connectivity index (χ2v) is 7.93. The van der Waals surface area contributed by atoms with E-state index in [1.54, 1.807) is 34.9 Å². The zero-order chi connectivity index (χ0) is 18.6. The number of aromatic nitrogens is 1. The van der Waals surface area contributed by atoms with E-state index >= 15 is 0 Å². The minimum Gasteiger partial charge on any atom is -0.490 e. The first-order valence-electron chi connectivity index (χ1n) is 8.89. The van der Waals surface area contributed by atoms with E-state index in [0.29, 0.717) is 31.3 Å². The van der Waals surface area contributed by atoms with E-state index in [1.165, 1.54) is 0 Å². The summed E-state index contributed by atoms with van der Waals surface area (Å²) >= 11 is 0. The van der Waals surface area contributed by atoms with Crippen molar-refractivity contribution in [2.24, 2.45) is 0 Å². The Labute approximate surface area is 154 Å². The van der Waals surface area contributed by atoms with Crippen LogP contribution in [-0.4, -0.2) is 37.5 Å². The summed E-state index contributed by atoms with van der Waals surface area (Å²) in [7, 11) is -3.64. The predicted octanol–water partition coefficient (Wildman–Crippen LogP) is 3.40. The van der Waals surface area contributed by atoms with Gasteiger partial charge in [0.25, 0.3) is 0 Å². The van der Waals surface area contributed by atoms with Crippen molar-refractivity contribution in [3.63, 3.8) is 0 Å². The maximum absolute atomic E-state index is 13.3. The average Bonchev–Trinajstić information content (AvgIpc) is 3.15. The van der Waals surface area contributed by atoms with Crippen molar-refractivity contribution in [2.45, 2.75) is 37.6 Å². The third-order valence-electron chi connectivity index (χ3n) is 4.39. The molecule has 0 amide bonds. The van der Waals surface area contributed by atoms with Crippen LogP contribution in [0.3, 0.4) is 0 Å². The molecule has 0 aliphatic carbocycles. The van der Waals surface area contributed by atoms with Crippen LogP contribution in [0.5, 0.6) is 11.5 Å². The highest BCUT2D eigenvalue weighted by molar-refractivity contribution is 7.89.